The van der Waals surface area contributed by atoms with E-state index in [2.05, 4.69) is 15.1 Å². The van der Waals surface area contributed by atoms with Crippen molar-refractivity contribution in [3.05, 3.63) is 46.0 Å². The summed E-state index contributed by atoms with van der Waals surface area (Å²) in [5.74, 6) is 1.20. The first-order valence-electron chi connectivity index (χ1n) is 7.40. The van der Waals surface area contributed by atoms with Crippen molar-refractivity contribution in [2.45, 2.75) is 25.7 Å². The average molecular weight is 301 g/mol. The van der Waals surface area contributed by atoms with Crippen LogP contribution in [-0.2, 0) is 7.05 Å². The van der Waals surface area contributed by atoms with E-state index >= 15 is 0 Å². The summed E-state index contributed by atoms with van der Waals surface area (Å²) in [5, 5.41) is 19.5. The van der Waals surface area contributed by atoms with Crippen molar-refractivity contribution in [1.29, 1.82) is 0 Å². The predicted octanol–water partition coefficient (Wildman–Crippen LogP) is 2.42. The smallest absolute Gasteiger partial charge is 0.292 e. The van der Waals surface area contributed by atoms with E-state index in [-0.39, 0.29) is 16.5 Å². The number of nitrogens with zero attached hydrogens (tertiary/aromatic N) is 5. The van der Waals surface area contributed by atoms with Gasteiger partial charge in [0.2, 0.25) is 0 Å². The van der Waals surface area contributed by atoms with E-state index in [0.29, 0.717) is 5.69 Å². The summed E-state index contributed by atoms with van der Waals surface area (Å²) in [6.45, 7) is 3.43. The quantitative estimate of drug-likeness (QED) is 0.642. The number of aromatic nitrogens is 3. The van der Waals surface area contributed by atoms with E-state index in [9.17, 15) is 10.1 Å². The number of piperidine rings is 1. The minimum atomic E-state index is -0.297. The predicted molar refractivity (Wildman–Crippen MR) is 83.0 cm³/mol. The molecule has 1 fully saturated rings. The van der Waals surface area contributed by atoms with E-state index in [4.69, 9.17) is 0 Å². The summed E-state index contributed by atoms with van der Waals surface area (Å²) >= 11 is 0. The molecule has 0 radical (unpaired) electrons. The Kier molecular flexibility index (Phi) is 3.79. The Morgan fingerprint density at radius 3 is 2.91 bits per heavy atom. The van der Waals surface area contributed by atoms with Crippen LogP contribution in [0, 0.1) is 17.0 Å². The molecule has 1 aromatic heterocycles. The molecule has 1 unspecified atom stereocenters. The number of nitro groups is 1. The van der Waals surface area contributed by atoms with E-state index < -0.39 is 0 Å². The highest BCUT2D eigenvalue weighted by Crippen LogP contribution is 2.34. The molecule has 0 spiro atoms. The highest BCUT2D eigenvalue weighted by molar-refractivity contribution is 5.64. The molecule has 1 aromatic carbocycles. The molecule has 1 aliphatic heterocycles. The third-order valence-corrected chi connectivity index (χ3v) is 4.20. The molecule has 0 N–H and O–H groups in total. The molecule has 0 bridgehead atoms. The molecule has 0 amide bonds. The molecule has 1 aliphatic rings. The standard InChI is InChI=1S/C15H19N5O2/c1-11-5-6-13(14(8-11)20(21)22)19-7-3-4-12(9-19)15-17-16-10-18(15)2/h5-6,8,10,12H,3-4,7,9H2,1-2H3. The maximum absolute atomic E-state index is 11.3. The van der Waals surface area contributed by atoms with Gasteiger partial charge in [-0.15, -0.1) is 10.2 Å². The minimum absolute atomic E-state index is 0.179. The summed E-state index contributed by atoms with van der Waals surface area (Å²) in [6.07, 6.45) is 3.72. The number of anilines is 1. The zero-order valence-corrected chi connectivity index (χ0v) is 12.8. The fourth-order valence-electron chi connectivity index (χ4n) is 3.12. The van der Waals surface area contributed by atoms with Gasteiger partial charge in [0, 0.05) is 32.1 Å². The van der Waals surface area contributed by atoms with E-state index in [1.807, 2.05) is 30.7 Å². The lowest BCUT2D eigenvalue weighted by atomic mass is 9.96. The molecule has 2 heterocycles. The lowest BCUT2D eigenvalue weighted by Crippen LogP contribution is -2.35. The molecule has 1 saturated heterocycles. The number of rotatable bonds is 3. The van der Waals surface area contributed by atoms with Crippen LogP contribution in [0.25, 0.3) is 0 Å². The van der Waals surface area contributed by atoms with Gasteiger partial charge >= 0.3 is 0 Å². The van der Waals surface area contributed by atoms with Gasteiger partial charge in [-0.1, -0.05) is 6.07 Å². The minimum Gasteiger partial charge on any atom is -0.365 e. The van der Waals surface area contributed by atoms with Gasteiger partial charge in [-0.2, -0.15) is 0 Å². The molecule has 22 heavy (non-hydrogen) atoms. The van der Waals surface area contributed by atoms with E-state index in [1.54, 1.807) is 12.4 Å². The van der Waals surface area contributed by atoms with Crippen LogP contribution in [0.4, 0.5) is 11.4 Å². The molecular weight excluding hydrogens is 282 g/mol. The fraction of sp³-hybridized carbons (Fsp3) is 0.467. The second-order valence-electron chi connectivity index (χ2n) is 5.83. The van der Waals surface area contributed by atoms with Gasteiger partial charge in [-0.3, -0.25) is 10.1 Å². The number of nitro benzene ring substituents is 1. The Labute approximate surface area is 128 Å². The first kappa shape index (κ1) is 14.5. The van der Waals surface area contributed by atoms with Crippen molar-refractivity contribution in [3.8, 4) is 0 Å². The Hall–Kier alpha value is -2.44. The molecule has 7 heteroatoms. The van der Waals surface area contributed by atoms with Crippen LogP contribution in [0.5, 0.6) is 0 Å². The lowest BCUT2D eigenvalue weighted by molar-refractivity contribution is -0.384. The number of hydrogen-bond acceptors (Lipinski definition) is 5. The zero-order valence-electron chi connectivity index (χ0n) is 12.8. The third kappa shape index (κ3) is 2.66. The van der Waals surface area contributed by atoms with Crippen LogP contribution in [0.15, 0.2) is 24.5 Å². The van der Waals surface area contributed by atoms with E-state index in [1.165, 1.54) is 0 Å². The van der Waals surface area contributed by atoms with Crippen LogP contribution in [0.1, 0.15) is 30.1 Å². The lowest BCUT2D eigenvalue weighted by Gasteiger charge is -2.33. The summed E-state index contributed by atoms with van der Waals surface area (Å²) in [5.41, 5.74) is 1.78. The van der Waals surface area contributed by atoms with Gasteiger partial charge in [0.25, 0.3) is 5.69 Å². The second-order valence-corrected chi connectivity index (χ2v) is 5.83. The average Bonchev–Trinajstić information content (AvgIpc) is 2.93. The van der Waals surface area contributed by atoms with Crippen molar-refractivity contribution >= 4 is 11.4 Å². The Balaban J connectivity index is 1.89. The number of hydrogen-bond donors (Lipinski definition) is 0. The van der Waals surface area contributed by atoms with Crippen molar-refractivity contribution < 1.29 is 4.92 Å². The topological polar surface area (TPSA) is 77.1 Å². The third-order valence-electron chi connectivity index (χ3n) is 4.20. The summed E-state index contributed by atoms with van der Waals surface area (Å²) in [6, 6.07) is 5.42. The van der Waals surface area contributed by atoms with Gasteiger partial charge in [0.1, 0.15) is 17.8 Å². The van der Waals surface area contributed by atoms with Gasteiger partial charge in [-0.05, 0) is 31.4 Å². The largest absolute Gasteiger partial charge is 0.365 e. The Bertz CT molecular complexity index is 697. The van der Waals surface area contributed by atoms with Crippen LogP contribution in [0.2, 0.25) is 0 Å². The molecule has 2 aromatic rings. The van der Waals surface area contributed by atoms with Crippen molar-refractivity contribution in [2.75, 3.05) is 18.0 Å². The summed E-state index contributed by atoms with van der Waals surface area (Å²) in [7, 11) is 1.93. The SMILES string of the molecule is Cc1ccc(N2CCCC(c3nncn3C)C2)c([N+](=O)[O-])c1. The van der Waals surface area contributed by atoms with Gasteiger partial charge in [-0.25, -0.2) is 0 Å². The molecule has 0 aliphatic carbocycles. The number of aryl methyl sites for hydroxylation is 2. The fourth-order valence-corrected chi connectivity index (χ4v) is 3.12. The zero-order chi connectivity index (χ0) is 15.7. The van der Waals surface area contributed by atoms with Gasteiger partial charge in [0.15, 0.2) is 0 Å². The molecular formula is C15H19N5O2. The van der Waals surface area contributed by atoms with Crippen LogP contribution in [0.3, 0.4) is 0 Å². The van der Waals surface area contributed by atoms with Crippen LogP contribution < -0.4 is 4.90 Å². The summed E-state index contributed by atoms with van der Waals surface area (Å²) < 4.78 is 1.93. The molecule has 116 valence electrons. The van der Waals surface area contributed by atoms with Crippen LogP contribution in [-0.4, -0.2) is 32.8 Å². The van der Waals surface area contributed by atoms with Gasteiger partial charge in [0.05, 0.1) is 4.92 Å². The first-order valence-corrected chi connectivity index (χ1v) is 7.40. The van der Waals surface area contributed by atoms with Gasteiger partial charge < -0.3 is 9.47 Å². The normalized spacial score (nSPS) is 18.5. The van der Waals surface area contributed by atoms with Crippen molar-refractivity contribution in [1.82, 2.24) is 14.8 Å². The number of benzene rings is 1. The highest BCUT2D eigenvalue weighted by atomic mass is 16.6. The Morgan fingerprint density at radius 2 is 2.23 bits per heavy atom. The summed E-state index contributed by atoms with van der Waals surface area (Å²) in [4.78, 5) is 13.1. The monoisotopic (exact) mass is 301 g/mol. The molecule has 0 saturated carbocycles. The Morgan fingerprint density at radius 1 is 1.41 bits per heavy atom. The first-order chi connectivity index (χ1) is 10.6. The molecule has 1 atom stereocenters. The molecule has 7 nitrogen and oxygen atoms in total. The maximum Gasteiger partial charge on any atom is 0.292 e. The van der Waals surface area contributed by atoms with Crippen LogP contribution >= 0.6 is 0 Å². The second kappa shape index (κ2) is 5.75. The maximum atomic E-state index is 11.3. The highest BCUT2D eigenvalue weighted by Gasteiger charge is 2.28. The van der Waals surface area contributed by atoms with Crippen molar-refractivity contribution in [3.63, 3.8) is 0 Å². The molecule has 3 rings (SSSR count). The van der Waals surface area contributed by atoms with E-state index in [0.717, 1.165) is 37.3 Å². The van der Waals surface area contributed by atoms with Crippen molar-refractivity contribution in [2.24, 2.45) is 7.05 Å².